The Morgan fingerprint density at radius 3 is 2.54 bits per heavy atom. The number of aliphatic hydroxyl groups is 1. The van der Waals surface area contributed by atoms with E-state index in [0.29, 0.717) is 6.42 Å². The monoisotopic (exact) mass is 187 g/mol. The lowest BCUT2D eigenvalue weighted by atomic mass is 10.2. The third-order valence-corrected chi connectivity index (χ3v) is 1.34. The zero-order chi connectivity index (χ0) is 10.4. The summed E-state index contributed by atoms with van der Waals surface area (Å²) in [5.41, 5.74) is 2.05. The van der Waals surface area contributed by atoms with Crippen LogP contribution in [0.1, 0.15) is 20.3 Å². The number of carbonyl (C=O) groups is 2. The van der Waals surface area contributed by atoms with E-state index in [1.165, 1.54) is 6.92 Å². The van der Waals surface area contributed by atoms with Gasteiger partial charge in [0.15, 0.2) is 0 Å². The Morgan fingerprint density at radius 1 is 1.62 bits per heavy atom. The number of aliphatic hydroxyl groups excluding tert-OH is 1. The maximum atomic E-state index is 10.9. The third-order valence-electron chi connectivity index (χ3n) is 1.34. The average molecular weight is 187 g/mol. The van der Waals surface area contributed by atoms with Crippen LogP contribution >= 0.6 is 0 Å². The Hall–Kier alpha value is -1.36. The molecule has 0 aromatic carbocycles. The van der Waals surface area contributed by atoms with E-state index in [9.17, 15) is 9.59 Å². The normalized spacial score (nSPS) is 11.6. The Kier molecular flexibility index (Phi) is 4.76. The van der Waals surface area contributed by atoms with Gasteiger partial charge in [0, 0.05) is 5.57 Å². The van der Waals surface area contributed by atoms with Gasteiger partial charge in [0.05, 0.1) is 0 Å². The number of hydrogen-bond donors (Lipinski definition) is 2. The van der Waals surface area contributed by atoms with Gasteiger partial charge in [0.25, 0.3) is 5.91 Å². The molecule has 1 atom stereocenters. The topological polar surface area (TPSA) is 75.6 Å². The van der Waals surface area contributed by atoms with E-state index in [0.717, 1.165) is 0 Å². The summed E-state index contributed by atoms with van der Waals surface area (Å²) in [6, 6.07) is 0. The van der Waals surface area contributed by atoms with Gasteiger partial charge in [-0.05, 0) is 13.3 Å². The summed E-state index contributed by atoms with van der Waals surface area (Å²) in [5, 5.41) is 8.70. The molecule has 0 aliphatic carbocycles. The molecule has 0 rings (SSSR count). The van der Waals surface area contributed by atoms with Gasteiger partial charge in [0.2, 0.25) is 0 Å². The molecule has 0 aliphatic heterocycles. The summed E-state index contributed by atoms with van der Waals surface area (Å²) >= 11 is 0. The lowest BCUT2D eigenvalue weighted by Gasteiger charge is -2.07. The van der Waals surface area contributed by atoms with E-state index in [-0.39, 0.29) is 5.57 Å². The second-order valence-corrected chi connectivity index (χ2v) is 2.49. The zero-order valence-electron chi connectivity index (χ0n) is 7.66. The van der Waals surface area contributed by atoms with Crippen molar-refractivity contribution < 1.29 is 19.5 Å². The molecule has 0 fully saturated rings. The maximum absolute atomic E-state index is 10.9. The van der Waals surface area contributed by atoms with Crippen molar-refractivity contribution in [1.29, 1.82) is 0 Å². The van der Waals surface area contributed by atoms with E-state index >= 15 is 0 Å². The lowest BCUT2D eigenvalue weighted by Crippen LogP contribution is -2.34. The quantitative estimate of drug-likeness (QED) is 0.478. The second-order valence-electron chi connectivity index (χ2n) is 2.49. The number of hydrogen-bond acceptors (Lipinski definition) is 4. The summed E-state index contributed by atoms with van der Waals surface area (Å²) in [5.74, 6) is -1.46. The molecule has 0 heterocycles. The standard InChI is InChI=1S/C8H13NO4/c1-4-5(2)8(12)13-9-7(11)6(3)10/h6,10H,2,4H2,1,3H3,(H,9,11). The largest absolute Gasteiger partial charge is 0.383 e. The maximum Gasteiger partial charge on any atom is 0.358 e. The van der Waals surface area contributed by atoms with Crippen molar-refractivity contribution in [1.82, 2.24) is 5.48 Å². The number of nitrogens with one attached hydrogen (secondary N) is 1. The van der Waals surface area contributed by atoms with Gasteiger partial charge in [-0.2, -0.15) is 5.48 Å². The Bertz CT molecular complexity index is 222. The minimum Gasteiger partial charge on any atom is -0.383 e. The number of hydroxylamine groups is 1. The summed E-state index contributed by atoms with van der Waals surface area (Å²) in [6.07, 6.45) is -0.758. The molecule has 2 N–H and O–H groups in total. The van der Waals surface area contributed by atoms with E-state index in [1.807, 2.05) is 0 Å². The van der Waals surface area contributed by atoms with Crippen LogP contribution in [0.2, 0.25) is 0 Å². The molecule has 5 nitrogen and oxygen atoms in total. The van der Waals surface area contributed by atoms with E-state index in [4.69, 9.17) is 5.11 Å². The highest BCUT2D eigenvalue weighted by Gasteiger charge is 2.12. The average Bonchev–Trinajstić information content (AvgIpc) is 2.11. The number of amides is 1. The van der Waals surface area contributed by atoms with Crippen molar-refractivity contribution in [2.75, 3.05) is 0 Å². The van der Waals surface area contributed by atoms with Crippen LogP contribution < -0.4 is 5.48 Å². The molecular formula is C8H13NO4. The van der Waals surface area contributed by atoms with Gasteiger partial charge < -0.3 is 9.94 Å². The molecule has 1 unspecified atom stereocenters. The summed E-state index contributed by atoms with van der Waals surface area (Å²) in [6.45, 7) is 6.41. The molecule has 74 valence electrons. The van der Waals surface area contributed by atoms with Gasteiger partial charge in [-0.25, -0.2) is 4.79 Å². The summed E-state index contributed by atoms with van der Waals surface area (Å²) in [4.78, 5) is 25.9. The first-order chi connectivity index (χ1) is 5.99. The van der Waals surface area contributed by atoms with Gasteiger partial charge in [-0.15, -0.1) is 0 Å². The molecule has 0 saturated heterocycles. The van der Waals surface area contributed by atoms with E-state index < -0.39 is 18.0 Å². The van der Waals surface area contributed by atoms with Crippen LogP contribution in [-0.4, -0.2) is 23.1 Å². The number of carbonyl (C=O) groups excluding carboxylic acids is 2. The highest BCUT2D eigenvalue weighted by molar-refractivity contribution is 5.89. The Labute approximate surface area is 76.3 Å². The van der Waals surface area contributed by atoms with Crippen LogP contribution in [0.5, 0.6) is 0 Å². The smallest absolute Gasteiger partial charge is 0.358 e. The molecule has 5 heteroatoms. The Morgan fingerprint density at radius 2 is 2.15 bits per heavy atom. The molecule has 0 aromatic heterocycles. The second kappa shape index (κ2) is 5.31. The van der Waals surface area contributed by atoms with Crippen molar-refractivity contribution in [3.63, 3.8) is 0 Å². The van der Waals surface area contributed by atoms with Crippen molar-refractivity contribution in [3.05, 3.63) is 12.2 Å². The molecule has 0 aromatic rings. The van der Waals surface area contributed by atoms with Crippen LogP contribution in [0.4, 0.5) is 0 Å². The van der Waals surface area contributed by atoms with Gasteiger partial charge in [0.1, 0.15) is 6.10 Å². The van der Waals surface area contributed by atoms with Crippen molar-refractivity contribution in [3.8, 4) is 0 Å². The lowest BCUT2D eigenvalue weighted by molar-refractivity contribution is -0.157. The molecular weight excluding hydrogens is 174 g/mol. The first-order valence-corrected chi connectivity index (χ1v) is 3.85. The summed E-state index contributed by atoms with van der Waals surface area (Å²) in [7, 11) is 0. The molecule has 0 aliphatic rings. The summed E-state index contributed by atoms with van der Waals surface area (Å²) < 4.78 is 0. The molecule has 0 spiro atoms. The minimum absolute atomic E-state index is 0.255. The van der Waals surface area contributed by atoms with Crippen LogP contribution in [0.25, 0.3) is 0 Å². The van der Waals surface area contributed by atoms with Crippen molar-refractivity contribution >= 4 is 11.9 Å². The van der Waals surface area contributed by atoms with Crippen LogP contribution in [0.3, 0.4) is 0 Å². The predicted octanol–water partition coefficient (Wildman–Crippen LogP) is -0.0922. The number of rotatable bonds is 3. The predicted molar refractivity (Wildman–Crippen MR) is 45.3 cm³/mol. The van der Waals surface area contributed by atoms with Crippen molar-refractivity contribution in [2.24, 2.45) is 0 Å². The molecule has 0 bridgehead atoms. The van der Waals surface area contributed by atoms with Crippen molar-refractivity contribution in [2.45, 2.75) is 26.4 Å². The minimum atomic E-state index is -1.21. The first-order valence-electron chi connectivity index (χ1n) is 3.85. The van der Waals surface area contributed by atoms with Crippen LogP contribution in [-0.2, 0) is 14.4 Å². The molecule has 13 heavy (non-hydrogen) atoms. The molecule has 1 amide bonds. The van der Waals surface area contributed by atoms with E-state index in [1.54, 1.807) is 12.4 Å². The first kappa shape index (κ1) is 11.6. The highest BCUT2D eigenvalue weighted by atomic mass is 16.7. The van der Waals surface area contributed by atoms with Crippen LogP contribution in [0, 0.1) is 0 Å². The molecule has 0 radical (unpaired) electrons. The van der Waals surface area contributed by atoms with E-state index in [2.05, 4.69) is 11.4 Å². The third kappa shape index (κ3) is 4.27. The van der Waals surface area contributed by atoms with Crippen LogP contribution in [0.15, 0.2) is 12.2 Å². The van der Waals surface area contributed by atoms with Gasteiger partial charge in [-0.3, -0.25) is 4.79 Å². The van der Waals surface area contributed by atoms with Gasteiger partial charge >= 0.3 is 5.97 Å². The fourth-order valence-electron chi connectivity index (χ4n) is 0.398. The fourth-order valence-corrected chi connectivity index (χ4v) is 0.398. The van der Waals surface area contributed by atoms with Gasteiger partial charge in [-0.1, -0.05) is 13.5 Å². The fraction of sp³-hybridized carbons (Fsp3) is 0.500. The highest BCUT2D eigenvalue weighted by Crippen LogP contribution is 1.97. The zero-order valence-corrected chi connectivity index (χ0v) is 7.66. The SMILES string of the molecule is C=C(CC)C(=O)ONC(=O)C(C)O. The Balaban J connectivity index is 3.84. The molecule has 0 saturated carbocycles.